The molecule has 3 atom stereocenters. The number of rotatable bonds is 5. The quantitative estimate of drug-likeness (QED) is 0.852. The molecular weight excluding hydrogens is 234 g/mol. The van der Waals surface area contributed by atoms with Crippen LogP contribution in [0.5, 0.6) is 5.75 Å². The Kier molecular flexibility index (Phi) is 4.87. The first-order valence-corrected chi connectivity index (χ1v) is 7.59. The van der Waals surface area contributed by atoms with E-state index >= 15 is 0 Å². The molecule has 1 N–H and O–H groups in total. The zero-order valence-electron chi connectivity index (χ0n) is 12.6. The lowest BCUT2D eigenvalue weighted by Gasteiger charge is -2.23. The molecule has 0 bridgehead atoms. The molecular formula is C17H27NO. The molecule has 1 aromatic carbocycles. The molecule has 0 spiro atoms. The monoisotopic (exact) mass is 261 g/mol. The van der Waals surface area contributed by atoms with Crippen molar-refractivity contribution in [2.75, 3.05) is 0 Å². The van der Waals surface area contributed by atoms with E-state index in [-0.39, 0.29) is 6.10 Å². The van der Waals surface area contributed by atoms with Gasteiger partial charge in [0.05, 0.1) is 6.10 Å². The zero-order chi connectivity index (χ0) is 13.8. The second-order valence-electron chi connectivity index (χ2n) is 6.14. The van der Waals surface area contributed by atoms with Crippen molar-refractivity contribution in [3.05, 3.63) is 29.8 Å². The summed E-state index contributed by atoms with van der Waals surface area (Å²) in [6.07, 6.45) is 4.29. The molecule has 0 amide bonds. The Morgan fingerprint density at radius 2 is 1.79 bits per heavy atom. The van der Waals surface area contributed by atoms with Crippen LogP contribution in [0.2, 0.25) is 0 Å². The first-order valence-electron chi connectivity index (χ1n) is 7.59. The van der Waals surface area contributed by atoms with Crippen molar-refractivity contribution in [3.8, 4) is 5.75 Å². The number of hydrogen-bond acceptors (Lipinski definition) is 2. The first-order chi connectivity index (χ1) is 9.06. The molecule has 0 saturated heterocycles. The van der Waals surface area contributed by atoms with Gasteiger partial charge in [-0.15, -0.1) is 0 Å². The summed E-state index contributed by atoms with van der Waals surface area (Å²) in [7, 11) is 0. The van der Waals surface area contributed by atoms with Crippen molar-refractivity contribution in [1.82, 2.24) is 5.32 Å². The average molecular weight is 261 g/mol. The van der Waals surface area contributed by atoms with Crippen LogP contribution in [0, 0.1) is 5.92 Å². The van der Waals surface area contributed by atoms with Crippen molar-refractivity contribution in [3.63, 3.8) is 0 Å². The Labute approximate surface area is 117 Å². The summed E-state index contributed by atoms with van der Waals surface area (Å²) in [4.78, 5) is 0. The van der Waals surface area contributed by atoms with Gasteiger partial charge in [0.1, 0.15) is 5.75 Å². The van der Waals surface area contributed by atoms with Gasteiger partial charge in [0.15, 0.2) is 0 Å². The molecule has 2 rings (SSSR count). The maximum Gasteiger partial charge on any atom is 0.119 e. The standard InChI is InChI=1S/C17H27NO/c1-12(2)19-16-10-8-15(9-11-16)14(4)18-17-7-5-6-13(17)3/h8-14,17-18H,5-7H2,1-4H3. The minimum atomic E-state index is 0.237. The van der Waals surface area contributed by atoms with E-state index in [0.717, 1.165) is 11.7 Å². The molecule has 1 fully saturated rings. The number of hydrogen-bond donors (Lipinski definition) is 1. The normalized spacial score (nSPS) is 24.7. The van der Waals surface area contributed by atoms with Crippen LogP contribution in [-0.4, -0.2) is 12.1 Å². The van der Waals surface area contributed by atoms with E-state index < -0.39 is 0 Å². The Morgan fingerprint density at radius 1 is 1.11 bits per heavy atom. The lowest BCUT2D eigenvalue weighted by Crippen LogP contribution is -2.33. The first kappa shape index (κ1) is 14.4. The lowest BCUT2D eigenvalue weighted by molar-refractivity contribution is 0.242. The van der Waals surface area contributed by atoms with E-state index in [9.17, 15) is 0 Å². The summed E-state index contributed by atoms with van der Waals surface area (Å²) >= 11 is 0. The van der Waals surface area contributed by atoms with E-state index in [1.807, 2.05) is 0 Å². The minimum absolute atomic E-state index is 0.237. The van der Waals surface area contributed by atoms with Crippen LogP contribution in [0.25, 0.3) is 0 Å². The molecule has 0 radical (unpaired) electrons. The van der Waals surface area contributed by atoms with Crippen molar-refractivity contribution in [2.45, 2.75) is 65.1 Å². The van der Waals surface area contributed by atoms with E-state index in [0.29, 0.717) is 12.1 Å². The SMILES string of the molecule is CC(C)Oc1ccc(C(C)NC2CCCC2C)cc1. The van der Waals surface area contributed by atoms with Crippen LogP contribution < -0.4 is 10.1 Å². The molecule has 0 aliphatic heterocycles. The van der Waals surface area contributed by atoms with Crippen molar-refractivity contribution < 1.29 is 4.74 Å². The molecule has 1 aliphatic rings. The molecule has 1 saturated carbocycles. The lowest BCUT2D eigenvalue weighted by atomic mass is 10.0. The summed E-state index contributed by atoms with van der Waals surface area (Å²) in [5.74, 6) is 1.77. The second-order valence-corrected chi connectivity index (χ2v) is 6.14. The molecule has 3 unspecified atom stereocenters. The fourth-order valence-corrected chi connectivity index (χ4v) is 2.92. The third kappa shape index (κ3) is 3.97. The maximum atomic E-state index is 5.68. The fourth-order valence-electron chi connectivity index (χ4n) is 2.92. The van der Waals surface area contributed by atoms with Gasteiger partial charge in [-0.05, 0) is 57.2 Å². The third-order valence-corrected chi connectivity index (χ3v) is 4.08. The summed E-state index contributed by atoms with van der Waals surface area (Å²) in [5, 5.41) is 3.76. The van der Waals surface area contributed by atoms with Crippen molar-refractivity contribution in [2.24, 2.45) is 5.92 Å². The van der Waals surface area contributed by atoms with Gasteiger partial charge >= 0.3 is 0 Å². The van der Waals surface area contributed by atoms with Gasteiger partial charge in [-0.25, -0.2) is 0 Å². The van der Waals surface area contributed by atoms with Gasteiger partial charge in [0.2, 0.25) is 0 Å². The Hall–Kier alpha value is -1.02. The molecule has 0 aromatic heterocycles. The number of ether oxygens (including phenoxy) is 1. The van der Waals surface area contributed by atoms with Gasteiger partial charge in [0.25, 0.3) is 0 Å². The highest BCUT2D eigenvalue weighted by atomic mass is 16.5. The molecule has 2 nitrogen and oxygen atoms in total. The van der Waals surface area contributed by atoms with Crippen molar-refractivity contribution >= 4 is 0 Å². The molecule has 2 heteroatoms. The topological polar surface area (TPSA) is 21.3 Å². The largest absolute Gasteiger partial charge is 0.491 e. The van der Waals surface area contributed by atoms with Crippen LogP contribution in [0.3, 0.4) is 0 Å². The minimum Gasteiger partial charge on any atom is -0.491 e. The third-order valence-electron chi connectivity index (χ3n) is 4.08. The van der Waals surface area contributed by atoms with E-state index in [2.05, 4.69) is 57.3 Å². The van der Waals surface area contributed by atoms with Gasteiger partial charge in [-0.1, -0.05) is 25.5 Å². The fraction of sp³-hybridized carbons (Fsp3) is 0.647. The Bertz CT molecular complexity index is 385. The number of nitrogens with one attached hydrogen (secondary N) is 1. The van der Waals surface area contributed by atoms with Crippen LogP contribution >= 0.6 is 0 Å². The molecule has 19 heavy (non-hydrogen) atoms. The van der Waals surface area contributed by atoms with Crippen LogP contribution in [0.1, 0.15) is 58.6 Å². The Morgan fingerprint density at radius 3 is 2.32 bits per heavy atom. The number of benzene rings is 1. The highest BCUT2D eigenvalue weighted by Gasteiger charge is 2.24. The van der Waals surface area contributed by atoms with Gasteiger partial charge < -0.3 is 10.1 Å². The smallest absolute Gasteiger partial charge is 0.119 e. The summed E-state index contributed by atoms with van der Waals surface area (Å²) < 4.78 is 5.68. The molecule has 0 heterocycles. The van der Waals surface area contributed by atoms with Gasteiger partial charge in [0, 0.05) is 12.1 Å². The highest BCUT2D eigenvalue weighted by molar-refractivity contribution is 5.29. The molecule has 106 valence electrons. The molecule has 1 aliphatic carbocycles. The van der Waals surface area contributed by atoms with E-state index in [1.54, 1.807) is 0 Å². The van der Waals surface area contributed by atoms with E-state index in [4.69, 9.17) is 4.74 Å². The van der Waals surface area contributed by atoms with Crippen molar-refractivity contribution in [1.29, 1.82) is 0 Å². The van der Waals surface area contributed by atoms with Gasteiger partial charge in [-0.3, -0.25) is 0 Å². The van der Waals surface area contributed by atoms with E-state index in [1.165, 1.54) is 24.8 Å². The predicted molar refractivity (Wildman–Crippen MR) is 80.6 cm³/mol. The van der Waals surface area contributed by atoms with Gasteiger partial charge in [-0.2, -0.15) is 0 Å². The summed E-state index contributed by atoms with van der Waals surface area (Å²) in [5.41, 5.74) is 1.34. The maximum absolute atomic E-state index is 5.68. The van der Waals surface area contributed by atoms with Crippen LogP contribution in [0.15, 0.2) is 24.3 Å². The predicted octanol–water partition coefficient (Wildman–Crippen LogP) is 4.31. The van der Waals surface area contributed by atoms with Crippen LogP contribution in [-0.2, 0) is 0 Å². The average Bonchev–Trinajstić information content (AvgIpc) is 2.75. The summed E-state index contributed by atoms with van der Waals surface area (Å²) in [6.45, 7) is 8.72. The zero-order valence-corrected chi connectivity index (χ0v) is 12.6. The summed E-state index contributed by atoms with van der Waals surface area (Å²) in [6, 6.07) is 9.60. The Balaban J connectivity index is 1.93. The second kappa shape index (κ2) is 6.42. The molecule has 1 aromatic rings. The van der Waals surface area contributed by atoms with Crippen LogP contribution in [0.4, 0.5) is 0 Å². The highest BCUT2D eigenvalue weighted by Crippen LogP contribution is 2.27.